The quantitative estimate of drug-likeness (QED) is 0.746. The number of primary amides is 1. The van der Waals surface area contributed by atoms with Crippen LogP contribution < -0.4 is 5.73 Å². The Balaban J connectivity index is 2.82. The van der Waals surface area contributed by atoms with E-state index < -0.39 is 11.8 Å². The summed E-state index contributed by atoms with van der Waals surface area (Å²) >= 11 is 0. The van der Waals surface area contributed by atoms with Gasteiger partial charge in [-0.05, 0) is 6.92 Å². The van der Waals surface area contributed by atoms with Crippen molar-refractivity contribution in [2.24, 2.45) is 5.73 Å². The largest absolute Gasteiger partial charge is 0.368 e. The van der Waals surface area contributed by atoms with E-state index in [-0.39, 0.29) is 18.3 Å². The summed E-state index contributed by atoms with van der Waals surface area (Å²) in [6.45, 7) is 5.90. The summed E-state index contributed by atoms with van der Waals surface area (Å²) in [6.07, 6.45) is 0. The van der Waals surface area contributed by atoms with Gasteiger partial charge in [-0.25, -0.2) is 4.98 Å². The van der Waals surface area contributed by atoms with Crippen molar-refractivity contribution in [1.29, 1.82) is 0 Å². The molecule has 0 aliphatic heterocycles. The molecule has 0 fully saturated rings. The number of nitrogens with one attached hydrogen (secondary N) is 1. The van der Waals surface area contributed by atoms with Crippen LogP contribution in [0.15, 0.2) is 0 Å². The third kappa shape index (κ3) is 3.27. The Labute approximate surface area is 99.4 Å². The van der Waals surface area contributed by atoms with Crippen molar-refractivity contribution in [3.8, 4) is 0 Å². The minimum Gasteiger partial charge on any atom is -0.368 e. The molecule has 7 heteroatoms. The van der Waals surface area contributed by atoms with E-state index in [2.05, 4.69) is 15.2 Å². The van der Waals surface area contributed by atoms with Gasteiger partial charge >= 0.3 is 0 Å². The molecule has 0 aliphatic carbocycles. The summed E-state index contributed by atoms with van der Waals surface area (Å²) in [5, 5.41) is 6.53. The second-order valence-corrected chi connectivity index (χ2v) is 3.98. The first-order chi connectivity index (χ1) is 7.95. The molecule has 0 radical (unpaired) electrons. The van der Waals surface area contributed by atoms with E-state index in [0.717, 1.165) is 0 Å². The topological polar surface area (TPSA) is 105 Å². The maximum atomic E-state index is 11.9. The highest BCUT2D eigenvalue weighted by atomic mass is 16.2. The number of rotatable bonds is 5. The van der Waals surface area contributed by atoms with Crippen molar-refractivity contribution in [3.05, 3.63) is 11.6 Å². The van der Waals surface area contributed by atoms with E-state index in [1.54, 1.807) is 6.92 Å². The highest BCUT2D eigenvalue weighted by molar-refractivity contribution is 5.93. The van der Waals surface area contributed by atoms with Gasteiger partial charge in [0.05, 0.1) is 6.54 Å². The molecule has 1 heterocycles. The first kappa shape index (κ1) is 13.1. The molecule has 0 saturated carbocycles. The molecule has 0 aliphatic rings. The number of hydrogen-bond donors (Lipinski definition) is 2. The zero-order chi connectivity index (χ0) is 13.0. The molecular formula is C10H17N5O2. The summed E-state index contributed by atoms with van der Waals surface area (Å²) < 4.78 is 0. The Morgan fingerprint density at radius 3 is 2.53 bits per heavy atom. The fourth-order valence-corrected chi connectivity index (χ4v) is 1.28. The Hall–Kier alpha value is -1.92. The summed E-state index contributed by atoms with van der Waals surface area (Å²) in [5.74, 6) is -0.0789. The smallest absolute Gasteiger partial charge is 0.293 e. The Morgan fingerprint density at radius 2 is 2.12 bits per heavy atom. The van der Waals surface area contributed by atoms with Crippen molar-refractivity contribution in [3.63, 3.8) is 0 Å². The van der Waals surface area contributed by atoms with Crippen LogP contribution in [-0.2, 0) is 4.79 Å². The van der Waals surface area contributed by atoms with Crippen LogP contribution in [0.25, 0.3) is 0 Å². The number of aromatic amines is 1. The minimum absolute atomic E-state index is 0.0665. The third-order valence-corrected chi connectivity index (χ3v) is 2.26. The van der Waals surface area contributed by atoms with E-state index in [9.17, 15) is 9.59 Å². The first-order valence-corrected chi connectivity index (χ1v) is 5.45. The SMILES string of the molecule is CCN(CC(N)=O)C(=O)c1n[nH]c(C(C)C)n1. The number of nitrogens with two attached hydrogens (primary N) is 1. The number of H-pyrrole nitrogens is 1. The van der Waals surface area contributed by atoms with Crippen molar-refractivity contribution in [1.82, 2.24) is 20.1 Å². The molecule has 1 aromatic heterocycles. The molecule has 1 aromatic rings. The molecule has 7 nitrogen and oxygen atoms in total. The van der Waals surface area contributed by atoms with Gasteiger partial charge in [-0.2, -0.15) is 0 Å². The lowest BCUT2D eigenvalue weighted by atomic mass is 10.2. The molecular weight excluding hydrogens is 222 g/mol. The van der Waals surface area contributed by atoms with Crippen LogP contribution in [0.4, 0.5) is 0 Å². The number of hydrogen-bond acceptors (Lipinski definition) is 4. The number of carbonyl (C=O) groups excluding carboxylic acids is 2. The van der Waals surface area contributed by atoms with Crippen LogP contribution in [0.1, 0.15) is 43.1 Å². The van der Waals surface area contributed by atoms with Crippen molar-refractivity contribution < 1.29 is 9.59 Å². The second kappa shape index (κ2) is 5.42. The predicted octanol–water partition coefficient (Wildman–Crippen LogP) is -0.125. The van der Waals surface area contributed by atoms with Gasteiger partial charge in [0.2, 0.25) is 11.7 Å². The molecule has 3 N–H and O–H groups in total. The number of carbonyl (C=O) groups is 2. The molecule has 94 valence electrons. The van der Waals surface area contributed by atoms with E-state index in [1.165, 1.54) is 4.90 Å². The standard InChI is InChI=1S/C10H17N5O2/c1-4-15(5-7(11)16)10(17)9-12-8(6(2)3)13-14-9/h6H,4-5H2,1-3H3,(H2,11,16)(H,12,13,14). The van der Waals surface area contributed by atoms with Crippen LogP contribution in [0.3, 0.4) is 0 Å². The van der Waals surface area contributed by atoms with Gasteiger partial charge in [-0.15, -0.1) is 5.10 Å². The number of likely N-dealkylation sites (N-methyl/N-ethyl adjacent to an activating group) is 1. The lowest BCUT2D eigenvalue weighted by Gasteiger charge is -2.16. The number of nitrogens with zero attached hydrogens (tertiary/aromatic N) is 3. The van der Waals surface area contributed by atoms with E-state index in [0.29, 0.717) is 12.4 Å². The molecule has 0 bridgehead atoms. The molecule has 0 unspecified atom stereocenters. The normalized spacial score (nSPS) is 10.6. The van der Waals surface area contributed by atoms with Crippen molar-refractivity contribution in [2.45, 2.75) is 26.7 Å². The Kier molecular flexibility index (Phi) is 4.19. The van der Waals surface area contributed by atoms with Gasteiger partial charge in [0.15, 0.2) is 0 Å². The fourth-order valence-electron chi connectivity index (χ4n) is 1.28. The summed E-state index contributed by atoms with van der Waals surface area (Å²) in [5.41, 5.74) is 5.06. The van der Waals surface area contributed by atoms with E-state index >= 15 is 0 Å². The van der Waals surface area contributed by atoms with E-state index in [4.69, 9.17) is 5.73 Å². The molecule has 2 amide bonds. The minimum atomic E-state index is -0.556. The number of aromatic nitrogens is 3. The average molecular weight is 239 g/mol. The van der Waals surface area contributed by atoms with Gasteiger partial charge in [0, 0.05) is 12.5 Å². The summed E-state index contributed by atoms with van der Waals surface area (Å²) in [6, 6.07) is 0. The summed E-state index contributed by atoms with van der Waals surface area (Å²) in [7, 11) is 0. The van der Waals surface area contributed by atoms with Gasteiger partial charge in [0.1, 0.15) is 5.82 Å². The molecule has 0 spiro atoms. The predicted molar refractivity (Wildman–Crippen MR) is 61.2 cm³/mol. The van der Waals surface area contributed by atoms with Crippen LogP contribution in [-0.4, -0.2) is 45.0 Å². The molecule has 1 rings (SSSR count). The zero-order valence-corrected chi connectivity index (χ0v) is 10.2. The zero-order valence-electron chi connectivity index (χ0n) is 10.2. The fraction of sp³-hybridized carbons (Fsp3) is 0.600. The van der Waals surface area contributed by atoms with Gasteiger partial charge in [-0.3, -0.25) is 14.7 Å². The monoisotopic (exact) mass is 239 g/mol. The van der Waals surface area contributed by atoms with Gasteiger partial charge < -0.3 is 10.6 Å². The van der Waals surface area contributed by atoms with Crippen LogP contribution in [0, 0.1) is 0 Å². The average Bonchev–Trinajstić information content (AvgIpc) is 2.73. The lowest BCUT2D eigenvalue weighted by Crippen LogP contribution is -2.38. The highest BCUT2D eigenvalue weighted by Gasteiger charge is 2.20. The van der Waals surface area contributed by atoms with Crippen LogP contribution >= 0.6 is 0 Å². The lowest BCUT2D eigenvalue weighted by molar-refractivity contribution is -0.118. The van der Waals surface area contributed by atoms with Gasteiger partial charge in [0.25, 0.3) is 5.91 Å². The first-order valence-electron chi connectivity index (χ1n) is 5.45. The van der Waals surface area contributed by atoms with Crippen molar-refractivity contribution >= 4 is 11.8 Å². The second-order valence-electron chi connectivity index (χ2n) is 3.98. The molecule has 0 atom stereocenters. The highest BCUT2D eigenvalue weighted by Crippen LogP contribution is 2.08. The maximum Gasteiger partial charge on any atom is 0.293 e. The Morgan fingerprint density at radius 1 is 1.47 bits per heavy atom. The molecule has 0 aromatic carbocycles. The molecule has 0 saturated heterocycles. The number of amides is 2. The van der Waals surface area contributed by atoms with E-state index in [1.807, 2.05) is 13.8 Å². The van der Waals surface area contributed by atoms with Crippen LogP contribution in [0.5, 0.6) is 0 Å². The molecule has 17 heavy (non-hydrogen) atoms. The Bertz CT molecular complexity index is 413. The summed E-state index contributed by atoms with van der Waals surface area (Å²) in [4.78, 5) is 28.1. The van der Waals surface area contributed by atoms with Crippen molar-refractivity contribution in [2.75, 3.05) is 13.1 Å². The third-order valence-electron chi connectivity index (χ3n) is 2.26. The van der Waals surface area contributed by atoms with Crippen LogP contribution in [0.2, 0.25) is 0 Å². The maximum absolute atomic E-state index is 11.9. The van der Waals surface area contributed by atoms with Gasteiger partial charge in [-0.1, -0.05) is 13.8 Å².